The fourth-order valence-electron chi connectivity index (χ4n) is 9.09. The van der Waals surface area contributed by atoms with Crippen LogP contribution in [0.3, 0.4) is 0 Å². The fraction of sp³-hybridized carbons (Fsp3) is 0.689. The number of rotatable bonds is 25. The first-order valence-corrected chi connectivity index (χ1v) is 21.5. The van der Waals surface area contributed by atoms with Gasteiger partial charge in [0.2, 0.25) is 5.70 Å². The van der Waals surface area contributed by atoms with Crippen LogP contribution in [0.1, 0.15) is 122 Å². The van der Waals surface area contributed by atoms with E-state index >= 15 is 0 Å². The molecule has 56 heavy (non-hydrogen) atoms. The number of hydrogen-bond donors (Lipinski definition) is 7. The average molecular weight is 781 g/mol. The molecular formula is C45H70N3O8+. The van der Waals surface area contributed by atoms with Crippen LogP contribution in [0.15, 0.2) is 46.6 Å². The van der Waals surface area contributed by atoms with Gasteiger partial charge < -0.3 is 50.9 Å². The topological polar surface area (TPSA) is 191 Å². The van der Waals surface area contributed by atoms with Gasteiger partial charge in [-0.1, -0.05) is 38.2 Å². The van der Waals surface area contributed by atoms with Crippen LogP contribution in [0.25, 0.3) is 0 Å². The predicted octanol–water partition coefficient (Wildman–Crippen LogP) is 5.31. The third kappa shape index (κ3) is 13.3. The van der Waals surface area contributed by atoms with Crippen molar-refractivity contribution in [2.45, 2.75) is 153 Å². The van der Waals surface area contributed by atoms with E-state index in [1.807, 2.05) is 18.2 Å². The van der Waals surface area contributed by atoms with Gasteiger partial charge >= 0.3 is 0 Å². The van der Waals surface area contributed by atoms with E-state index in [4.69, 9.17) is 20.2 Å². The lowest BCUT2D eigenvalue weighted by Gasteiger charge is -2.26. The van der Waals surface area contributed by atoms with Crippen molar-refractivity contribution in [2.75, 3.05) is 26.3 Å². The van der Waals surface area contributed by atoms with Crippen molar-refractivity contribution < 1.29 is 39.8 Å². The number of nitrogens with zero attached hydrogens (tertiary/aromatic N) is 1. The van der Waals surface area contributed by atoms with Crippen LogP contribution >= 0.6 is 0 Å². The number of aliphatic hydroxyl groups is 6. The molecule has 1 aromatic carbocycles. The summed E-state index contributed by atoms with van der Waals surface area (Å²) in [4.78, 5) is 16.0. The number of Topliss-reactive ketones (excluding diaryl/α,β-unsaturated/α-hetero) is 1. The molecule has 9 N–H and O–H groups in total. The Morgan fingerprint density at radius 1 is 1.11 bits per heavy atom. The number of ether oxygens (including phenoxy) is 2. The predicted molar refractivity (Wildman–Crippen MR) is 220 cm³/mol. The summed E-state index contributed by atoms with van der Waals surface area (Å²) in [5.41, 5.74) is 9.88. The van der Waals surface area contributed by atoms with E-state index in [1.54, 1.807) is 19.9 Å². The third-order valence-corrected chi connectivity index (χ3v) is 12.3. The highest BCUT2D eigenvalue weighted by Crippen LogP contribution is 2.48. The molecule has 2 aliphatic heterocycles. The summed E-state index contributed by atoms with van der Waals surface area (Å²) >= 11 is 0. The molecule has 4 aliphatic rings. The number of benzene rings is 1. The van der Waals surface area contributed by atoms with Crippen LogP contribution in [0.5, 0.6) is 11.5 Å². The SMILES string of the molecule is CC(=O)CC[C@@H](O)CC[C@@H](N)CCCCCCC1[OH+][C-](CCc2ccc(O)c(OC[C@H](O)C3=C[C+]4C(=N3)CC[C@H]3CCC[C@@H]3[C@@H]4CNC[C@H](C)O)c2)C=C1CO. The molecule has 5 rings (SSSR count). The number of carbonyl (C=O) groups excluding carboxylic acids is 1. The first kappa shape index (κ1) is 44.2. The summed E-state index contributed by atoms with van der Waals surface area (Å²) in [6.45, 7) is 4.65. The van der Waals surface area contributed by atoms with Gasteiger partial charge in [-0.2, -0.15) is 0 Å². The van der Waals surface area contributed by atoms with Crippen molar-refractivity contribution in [3.63, 3.8) is 0 Å². The Morgan fingerprint density at radius 2 is 1.93 bits per heavy atom. The Bertz CT molecular complexity index is 1480. The van der Waals surface area contributed by atoms with E-state index in [2.05, 4.69) is 11.4 Å². The highest BCUT2D eigenvalue weighted by atomic mass is 16.5. The third-order valence-electron chi connectivity index (χ3n) is 12.3. The standard InChI is InChI=1S/C45H69N3O8/c1-29(50)12-17-35(52)18-16-34(46)9-5-3-4-6-11-44-33(27-49)23-36(56-44)19-13-31-14-21-42(53)45(22-31)55-28-43(54)41-24-38-39(26-47-25-30(2)51)37-10-7-8-32(37)15-20-40(38)48-41/h14,21-24,30,32,34-35,37,39,43-44,47,49,51-52,54,56H,3-13,15-20,25-28,46H2,1-2H3/p+1/t30-,32+,34-,35+,37-,39-,43-,44?/m0/s1. The molecule has 312 valence electrons. The normalized spacial score (nSPS) is 24.2. The molecule has 2 saturated carbocycles. The van der Waals surface area contributed by atoms with Crippen LogP contribution in [0.4, 0.5) is 0 Å². The molecule has 0 bridgehead atoms. The Hall–Kier alpha value is -2.90. The van der Waals surface area contributed by atoms with Gasteiger partial charge in [0.15, 0.2) is 17.6 Å². The second-order valence-corrected chi connectivity index (χ2v) is 17.0. The fourth-order valence-corrected chi connectivity index (χ4v) is 9.09. The zero-order chi connectivity index (χ0) is 40.0. The van der Waals surface area contributed by atoms with Crippen molar-refractivity contribution in [3.05, 3.63) is 59.2 Å². The molecule has 2 aliphatic carbocycles. The van der Waals surface area contributed by atoms with Crippen LogP contribution in [-0.2, 0) is 11.2 Å². The van der Waals surface area contributed by atoms with Gasteiger partial charge in [-0.05, 0) is 101 Å². The number of carbonyl (C=O) groups is 1. The number of ketones is 1. The largest absolute Gasteiger partial charge is 0.504 e. The zero-order valence-corrected chi connectivity index (χ0v) is 33.9. The van der Waals surface area contributed by atoms with Crippen molar-refractivity contribution in [1.29, 1.82) is 0 Å². The molecule has 1 unspecified atom stereocenters. The number of nitrogens with one attached hydrogen (secondary N) is 1. The van der Waals surface area contributed by atoms with Gasteiger partial charge in [-0.3, -0.25) is 0 Å². The van der Waals surface area contributed by atoms with Crippen molar-refractivity contribution in [1.82, 2.24) is 5.32 Å². The number of aliphatic hydroxyl groups excluding tert-OH is 4. The monoisotopic (exact) mass is 781 g/mol. The molecule has 0 amide bonds. The van der Waals surface area contributed by atoms with E-state index < -0.39 is 18.3 Å². The van der Waals surface area contributed by atoms with Crippen molar-refractivity contribution >= 4 is 11.5 Å². The molecule has 8 atom stereocenters. The summed E-state index contributed by atoms with van der Waals surface area (Å²) in [6, 6.07) is 5.40. The minimum absolute atomic E-state index is 0.00385. The van der Waals surface area contributed by atoms with E-state index in [9.17, 15) is 30.3 Å². The van der Waals surface area contributed by atoms with Gasteiger partial charge in [0.25, 0.3) is 0 Å². The Kier molecular flexibility index (Phi) is 17.6. The number of phenolic OH excluding ortho intramolecular Hbond substituents is 1. The second-order valence-electron chi connectivity index (χ2n) is 17.0. The molecule has 0 saturated heterocycles. The highest BCUT2D eigenvalue weighted by Gasteiger charge is 2.49. The summed E-state index contributed by atoms with van der Waals surface area (Å²) in [5.74, 6) is 3.26. The van der Waals surface area contributed by atoms with E-state index in [-0.39, 0.29) is 36.9 Å². The summed E-state index contributed by atoms with van der Waals surface area (Å²) in [6.07, 6.45) is 18.8. The van der Waals surface area contributed by atoms with E-state index in [0.29, 0.717) is 67.8 Å². The number of phenols is 1. The highest BCUT2D eigenvalue weighted by molar-refractivity contribution is 6.03. The summed E-state index contributed by atoms with van der Waals surface area (Å²) in [7, 11) is 0. The molecule has 0 radical (unpaired) electrons. The minimum atomic E-state index is -0.935. The van der Waals surface area contributed by atoms with Crippen LogP contribution in [0, 0.1) is 29.8 Å². The number of aryl methyl sites for hydroxylation is 1. The summed E-state index contributed by atoms with van der Waals surface area (Å²) in [5, 5.41) is 55.2. The van der Waals surface area contributed by atoms with Crippen LogP contribution in [0.2, 0.25) is 0 Å². The average Bonchev–Trinajstić information content (AvgIpc) is 3.91. The van der Waals surface area contributed by atoms with Gasteiger partial charge in [-0.15, -0.1) is 16.6 Å². The maximum absolute atomic E-state index is 11.2. The second kappa shape index (κ2) is 22.3. The maximum atomic E-state index is 11.2. The Labute approximate surface area is 334 Å². The molecule has 11 heteroatoms. The van der Waals surface area contributed by atoms with Gasteiger partial charge in [-0.25, -0.2) is 0 Å². The van der Waals surface area contributed by atoms with Crippen molar-refractivity contribution in [3.8, 4) is 11.5 Å². The first-order chi connectivity index (χ1) is 27.0. The maximum Gasteiger partial charge on any atom is 0.208 e. The number of hydrogen-bond acceptors (Lipinski definition) is 10. The smallest absolute Gasteiger partial charge is 0.208 e. The number of allylic oxidation sites excluding steroid dienone is 1. The number of unbranched alkanes of at least 4 members (excludes halogenated alkanes) is 3. The lowest BCUT2D eigenvalue weighted by molar-refractivity contribution is -0.117. The molecule has 0 aromatic heterocycles. The number of nitrogens with two attached hydrogens (primary N) is 1. The lowest BCUT2D eigenvalue weighted by atomic mass is 9.77. The van der Waals surface area contributed by atoms with Crippen LogP contribution < -0.4 is 15.8 Å². The van der Waals surface area contributed by atoms with E-state index in [1.165, 1.54) is 25.2 Å². The minimum Gasteiger partial charge on any atom is -0.504 e. The Morgan fingerprint density at radius 3 is 2.71 bits per heavy atom. The van der Waals surface area contributed by atoms with Gasteiger partial charge in [0.1, 0.15) is 36.2 Å². The number of aliphatic imine (C=N–C) groups is 1. The number of fused-ring (bicyclic) bond motifs is 2. The Balaban J connectivity index is 1.03. The molecule has 2 fully saturated rings. The molecule has 2 heterocycles. The van der Waals surface area contributed by atoms with E-state index in [0.717, 1.165) is 87.3 Å². The molecule has 11 nitrogen and oxygen atoms in total. The first-order valence-electron chi connectivity index (χ1n) is 21.5. The summed E-state index contributed by atoms with van der Waals surface area (Å²) < 4.78 is 10.9. The quantitative estimate of drug-likeness (QED) is 0.0392. The number of aromatic hydroxyl groups is 1. The van der Waals surface area contributed by atoms with Gasteiger partial charge in [0.05, 0.1) is 24.2 Å². The molecular weight excluding hydrogens is 711 g/mol. The zero-order valence-electron chi connectivity index (χ0n) is 33.9. The van der Waals surface area contributed by atoms with Crippen molar-refractivity contribution in [2.24, 2.45) is 28.5 Å². The lowest BCUT2D eigenvalue weighted by Crippen LogP contribution is -2.36. The van der Waals surface area contributed by atoms with Crippen LogP contribution in [-0.4, -0.2) is 98.5 Å². The molecule has 0 spiro atoms. The van der Waals surface area contributed by atoms with Gasteiger partial charge in [0, 0.05) is 45.0 Å². The molecule has 1 aromatic rings.